The van der Waals surface area contributed by atoms with E-state index in [1.54, 1.807) is 0 Å². The van der Waals surface area contributed by atoms with Crippen molar-refractivity contribution in [2.24, 2.45) is 21.5 Å². The lowest BCUT2D eigenvalue weighted by Crippen LogP contribution is -2.08. The zero-order valence-electron chi connectivity index (χ0n) is 16.6. The van der Waals surface area contributed by atoms with Gasteiger partial charge in [-0.3, -0.25) is 0 Å². The Hall–Kier alpha value is -1.16. The van der Waals surface area contributed by atoms with Gasteiger partial charge in [-0.1, -0.05) is 78.6 Å². The highest BCUT2D eigenvalue weighted by Crippen LogP contribution is 2.31. The van der Waals surface area contributed by atoms with Gasteiger partial charge in [0.15, 0.2) is 10.3 Å². The Balaban J connectivity index is 1.69. The molecule has 0 amide bonds. The zero-order valence-corrected chi connectivity index (χ0v) is 22.9. The van der Waals surface area contributed by atoms with Gasteiger partial charge in [-0.2, -0.15) is 0 Å². The number of halogens is 4. The number of nitrogens with two attached hydrogens (primary N) is 2. The Bertz CT molecular complexity index is 1050. The Labute approximate surface area is 222 Å². The van der Waals surface area contributed by atoms with E-state index in [0.717, 1.165) is 31.4 Å². The molecule has 4 nitrogen and oxygen atoms in total. The number of amidine groups is 2. The molecule has 3 aromatic carbocycles. The molecule has 0 aliphatic carbocycles. The molecule has 10 heteroatoms. The summed E-state index contributed by atoms with van der Waals surface area (Å²) in [4.78, 5) is 8.88. The van der Waals surface area contributed by atoms with Gasteiger partial charge in [0.1, 0.15) is 0 Å². The van der Waals surface area contributed by atoms with E-state index < -0.39 is 0 Å². The van der Waals surface area contributed by atoms with Gasteiger partial charge in [-0.25, -0.2) is 9.98 Å². The summed E-state index contributed by atoms with van der Waals surface area (Å²) in [5, 5.41) is 1.92. The molecule has 0 unspecified atom stereocenters. The molecule has 0 fully saturated rings. The summed E-state index contributed by atoms with van der Waals surface area (Å²) in [6.45, 7) is 0. The van der Waals surface area contributed by atoms with Gasteiger partial charge >= 0.3 is 0 Å². The van der Waals surface area contributed by atoms with E-state index in [1.807, 2.05) is 60.7 Å². The second-order valence-corrected chi connectivity index (χ2v) is 11.1. The minimum absolute atomic E-state index is 0.466. The lowest BCUT2D eigenvalue weighted by atomic mass is 10.1. The van der Waals surface area contributed by atoms with Crippen LogP contribution in [0.15, 0.2) is 79.6 Å². The fourth-order valence-corrected chi connectivity index (χ4v) is 4.94. The molecule has 3 aromatic rings. The van der Waals surface area contributed by atoms with E-state index in [1.165, 1.54) is 23.5 Å². The smallest absolute Gasteiger partial charge is 0.159 e. The van der Waals surface area contributed by atoms with Crippen LogP contribution in [-0.2, 0) is 11.5 Å². The van der Waals surface area contributed by atoms with Gasteiger partial charge in [-0.05, 0) is 71.8 Å². The number of thioether (sulfide) groups is 2. The summed E-state index contributed by atoms with van der Waals surface area (Å²) in [5.41, 5.74) is 15.9. The summed E-state index contributed by atoms with van der Waals surface area (Å²) < 4.78 is 1.98. The fraction of sp³-hybridized carbons (Fsp3) is 0.0909. The number of hydrogen-bond donors (Lipinski definition) is 2. The van der Waals surface area contributed by atoms with Crippen molar-refractivity contribution in [2.75, 3.05) is 0 Å². The van der Waals surface area contributed by atoms with Crippen molar-refractivity contribution in [3.8, 4) is 0 Å². The van der Waals surface area contributed by atoms with E-state index in [9.17, 15) is 0 Å². The van der Waals surface area contributed by atoms with Crippen LogP contribution < -0.4 is 11.5 Å². The minimum Gasteiger partial charge on any atom is -0.378 e. The van der Waals surface area contributed by atoms with Crippen molar-refractivity contribution < 1.29 is 0 Å². The Kier molecular flexibility index (Phi) is 9.82. The zero-order chi connectivity index (χ0) is 23.1. The highest BCUT2D eigenvalue weighted by Gasteiger charge is 2.10. The number of nitrogens with zero attached hydrogens (tertiary/aromatic N) is 2. The first kappa shape index (κ1) is 25.5. The summed E-state index contributed by atoms with van der Waals surface area (Å²) in [6.07, 6.45) is 0. The molecule has 32 heavy (non-hydrogen) atoms. The highest BCUT2D eigenvalue weighted by molar-refractivity contribution is 9.10. The van der Waals surface area contributed by atoms with E-state index in [-0.39, 0.29) is 0 Å². The lowest BCUT2D eigenvalue weighted by molar-refractivity contribution is 1.29. The molecule has 4 N–H and O–H groups in total. The molecule has 0 radical (unpaired) electrons. The standard InChI is InChI=1S/C22H18Br2Cl2N4S2/c23-15-1-5-17(6-2-15)29-21(27)31-11-13-9-19(25)20(26)10-14(13)12-32-22(28)30-18-7-3-16(24)4-8-18/h1-10H,11-12H2,(H2,27,29)(H2,28,30). The second kappa shape index (κ2) is 12.3. The third-order valence-electron chi connectivity index (χ3n) is 4.13. The first-order valence-electron chi connectivity index (χ1n) is 9.22. The average Bonchev–Trinajstić information content (AvgIpc) is 2.76. The van der Waals surface area contributed by atoms with E-state index in [4.69, 9.17) is 34.7 Å². The molecule has 0 heterocycles. The normalized spacial score (nSPS) is 12.2. The largest absolute Gasteiger partial charge is 0.378 e. The molecule has 0 atom stereocenters. The van der Waals surface area contributed by atoms with Gasteiger partial charge in [-0.15, -0.1) is 0 Å². The average molecular weight is 633 g/mol. The Morgan fingerprint density at radius 2 is 1.03 bits per heavy atom. The first-order chi connectivity index (χ1) is 15.3. The van der Waals surface area contributed by atoms with Crippen molar-refractivity contribution in [2.45, 2.75) is 11.5 Å². The van der Waals surface area contributed by atoms with Gasteiger partial charge in [0.05, 0.1) is 21.4 Å². The highest BCUT2D eigenvalue weighted by atomic mass is 79.9. The molecule has 0 spiro atoms. The maximum absolute atomic E-state index is 6.26. The molecule has 3 rings (SSSR count). The van der Waals surface area contributed by atoms with Crippen LogP contribution >= 0.6 is 78.6 Å². The molecular weight excluding hydrogens is 615 g/mol. The molecule has 0 bridgehead atoms. The lowest BCUT2D eigenvalue weighted by Gasteiger charge is -2.11. The maximum atomic E-state index is 6.26. The number of hydrogen-bond acceptors (Lipinski definition) is 4. The predicted molar refractivity (Wildman–Crippen MR) is 150 cm³/mol. The van der Waals surface area contributed by atoms with Crippen molar-refractivity contribution in [1.82, 2.24) is 0 Å². The number of aliphatic imine (C=N–C) groups is 2. The van der Waals surface area contributed by atoms with Crippen LogP contribution in [0.4, 0.5) is 11.4 Å². The molecule has 0 saturated carbocycles. The third kappa shape index (κ3) is 8.01. The second-order valence-electron chi connectivity index (χ2n) is 6.47. The molecule has 0 aromatic heterocycles. The van der Waals surface area contributed by atoms with Crippen LogP contribution in [-0.4, -0.2) is 10.3 Å². The quantitative estimate of drug-likeness (QED) is 0.212. The van der Waals surface area contributed by atoms with Crippen LogP contribution in [0.25, 0.3) is 0 Å². The van der Waals surface area contributed by atoms with Gasteiger partial charge in [0.25, 0.3) is 0 Å². The summed E-state index contributed by atoms with van der Waals surface area (Å²) in [6, 6.07) is 19.0. The van der Waals surface area contributed by atoms with Crippen molar-refractivity contribution in [3.63, 3.8) is 0 Å². The predicted octanol–water partition coefficient (Wildman–Crippen LogP) is 8.28. The Morgan fingerprint density at radius 3 is 1.38 bits per heavy atom. The van der Waals surface area contributed by atoms with E-state index in [2.05, 4.69) is 41.8 Å². The summed E-state index contributed by atoms with van der Waals surface area (Å²) >= 11 is 22.2. The maximum Gasteiger partial charge on any atom is 0.159 e. The van der Waals surface area contributed by atoms with E-state index in [0.29, 0.717) is 31.9 Å². The topological polar surface area (TPSA) is 76.8 Å². The summed E-state index contributed by atoms with van der Waals surface area (Å²) in [7, 11) is 0. The van der Waals surface area contributed by atoms with Gasteiger partial charge < -0.3 is 11.5 Å². The minimum atomic E-state index is 0.466. The first-order valence-corrected chi connectivity index (χ1v) is 13.5. The molecule has 0 saturated heterocycles. The third-order valence-corrected chi connectivity index (χ3v) is 7.59. The molecule has 0 aliphatic heterocycles. The summed E-state index contributed by atoms with van der Waals surface area (Å²) in [5.74, 6) is 1.20. The van der Waals surface area contributed by atoms with Crippen molar-refractivity contribution in [1.29, 1.82) is 0 Å². The van der Waals surface area contributed by atoms with Crippen LogP contribution in [0, 0.1) is 0 Å². The number of rotatable bonds is 6. The van der Waals surface area contributed by atoms with Crippen LogP contribution in [0.3, 0.4) is 0 Å². The fourth-order valence-electron chi connectivity index (χ4n) is 2.55. The molecule has 166 valence electrons. The van der Waals surface area contributed by atoms with Gasteiger partial charge in [0, 0.05) is 20.5 Å². The number of benzene rings is 3. The van der Waals surface area contributed by atoms with Crippen LogP contribution in [0.5, 0.6) is 0 Å². The van der Waals surface area contributed by atoms with E-state index >= 15 is 0 Å². The van der Waals surface area contributed by atoms with Crippen molar-refractivity contribution >= 4 is 100 Å². The van der Waals surface area contributed by atoms with Crippen LogP contribution in [0.1, 0.15) is 11.1 Å². The SMILES string of the molecule is N/C(=N\c1ccc(Br)cc1)SCc1cc(Cl)c(Cl)cc1CS/C(N)=N/c1ccc(Br)cc1. The van der Waals surface area contributed by atoms with Crippen molar-refractivity contribution in [3.05, 3.63) is 90.8 Å². The molecular formula is C22H18Br2Cl2N4S2. The molecule has 0 aliphatic rings. The van der Waals surface area contributed by atoms with Gasteiger partial charge in [0.2, 0.25) is 0 Å². The van der Waals surface area contributed by atoms with Crippen LogP contribution in [0.2, 0.25) is 10.0 Å². The Morgan fingerprint density at radius 1 is 0.688 bits per heavy atom. The monoisotopic (exact) mass is 630 g/mol.